The van der Waals surface area contributed by atoms with Crippen molar-refractivity contribution in [2.45, 2.75) is 50.9 Å². The first-order chi connectivity index (χ1) is 5.09. The fourth-order valence-electron chi connectivity index (χ4n) is 2.51. The molecule has 0 amide bonds. The van der Waals surface area contributed by atoms with Gasteiger partial charge in [0.2, 0.25) is 0 Å². The van der Waals surface area contributed by atoms with Gasteiger partial charge < -0.3 is 9.84 Å². The first kappa shape index (κ1) is 7.56. The van der Waals surface area contributed by atoms with Crippen molar-refractivity contribution in [1.29, 1.82) is 0 Å². The van der Waals surface area contributed by atoms with E-state index in [9.17, 15) is 5.11 Å². The van der Waals surface area contributed by atoms with Crippen molar-refractivity contribution in [2.24, 2.45) is 5.92 Å². The third-order valence-electron chi connectivity index (χ3n) is 3.08. The van der Waals surface area contributed by atoms with Gasteiger partial charge in [0, 0.05) is 0 Å². The predicted molar refractivity (Wildman–Crippen MR) is 42.3 cm³/mol. The number of ether oxygens (including phenoxy) is 1. The summed E-state index contributed by atoms with van der Waals surface area (Å²) in [5, 5.41) is 9.86. The molecular weight excluding hydrogens is 140 g/mol. The van der Waals surface area contributed by atoms with E-state index in [-0.39, 0.29) is 6.10 Å². The average molecular weight is 156 g/mol. The zero-order valence-corrected chi connectivity index (χ0v) is 7.21. The van der Waals surface area contributed by atoms with Crippen LogP contribution in [-0.4, -0.2) is 22.9 Å². The van der Waals surface area contributed by atoms with Gasteiger partial charge in [0.25, 0.3) is 0 Å². The van der Waals surface area contributed by atoms with Gasteiger partial charge in [-0.3, -0.25) is 0 Å². The molecule has 2 unspecified atom stereocenters. The van der Waals surface area contributed by atoms with Crippen LogP contribution in [0.4, 0.5) is 0 Å². The molecule has 11 heavy (non-hydrogen) atoms. The highest BCUT2D eigenvalue weighted by atomic mass is 16.5. The summed E-state index contributed by atoms with van der Waals surface area (Å²) in [6.45, 7) is 3.99. The molecule has 0 spiro atoms. The molecule has 1 N–H and O–H groups in total. The maximum atomic E-state index is 9.86. The molecule has 0 aromatic rings. The van der Waals surface area contributed by atoms with Crippen LogP contribution in [0, 0.1) is 5.92 Å². The summed E-state index contributed by atoms with van der Waals surface area (Å²) in [4.78, 5) is 0. The third-order valence-corrected chi connectivity index (χ3v) is 3.08. The van der Waals surface area contributed by atoms with Gasteiger partial charge in [0.15, 0.2) is 0 Å². The van der Waals surface area contributed by atoms with E-state index in [1.54, 1.807) is 0 Å². The maximum Gasteiger partial charge on any atom is 0.0891 e. The zero-order chi connectivity index (χ0) is 8.06. The van der Waals surface area contributed by atoms with Crippen LogP contribution in [-0.2, 0) is 4.74 Å². The van der Waals surface area contributed by atoms with Gasteiger partial charge in [0.1, 0.15) is 0 Å². The first-order valence-electron chi connectivity index (χ1n) is 4.47. The molecule has 2 fully saturated rings. The predicted octanol–water partition coefficient (Wildman–Crippen LogP) is 1.32. The summed E-state index contributed by atoms with van der Waals surface area (Å²) in [5.41, 5.74) is -0.546. The molecule has 1 heterocycles. The van der Waals surface area contributed by atoms with Crippen molar-refractivity contribution in [3.05, 3.63) is 0 Å². The Balaban J connectivity index is 2.13. The number of aliphatic hydroxyl groups is 1. The fraction of sp³-hybridized carbons (Fsp3) is 1.00. The lowest BCUT2D eigenvalue weighted by Gasteiger charge is -2.24. The molecule has 2 aliphatic rings. The van der Waals surface area contributed by atoms with E-state index in [1.165, 1.54) is 0 Å². The van der Waals surface area contributed by atoms with Gasteiger partial charge in [-0.15, -0.1) is 0 Å². The van der Waals surface area contributed by atoms with Crippen molar-refractivity contribution in [1.82, 2.24) is 0 Å². The molecule has 1 aliphatic carbocycles. The van der Waals surface area contributed by atoms with E-state index in [1.807, 2.05) is 6.92 Å². The van der Waals surface area contributed by atoms with Crippen LogP contribution in [0.3, 0.4) is 0 Å². The minimum absolute atomic E-state index is 0.123. The SMILES string of the molecule is C[C@H]1CC2CC[C@@](C)(O)C2O1. The normalized spacial score (nSPS) is 56.5. The van der Waals surface area contributed by atoms with E-state index < -0.39 is 5.60 Å². The lowest BCUT2D eigenvalue weighted by molar-refractivity contribution is -0.0803. The minimum atomic E-state index is -0.546. The van der Waals surface area contributed by atoms with Gasteiger partial charge in [0.05, 0.1) is 17.8 Å². The standard InChI is InChI=1S/C9H16O2/c1-6-5-7-3-4-9(2,10)8(7)11-6/h6-8,10H,3-5H2,1-2H3/t6-,7?,8?,9+/m0/s1. The lowest BCUT2D eigenvalue weighted by atomic mass is 9.98. The van der Waals surface area contributed by atoms with Crippen LogP contribution < -0.4 is 0 Å². The third kappa shape index (κ3) is 1.09. The lowest BCUT2D eigenvalue weighted by Crippen LogP contribution is -2.36. The molecule has 2 rings (SSSR count). The molecule has 0 radical (unpaired) electrons. The Morgan fingerprint density at radius 1 is 1.55 bits per heavy atom. The molecule has 0 bridgehead atoms. The Morgan fingerprint density at radius 3 is 2.91 bits per heavy atom. The summed E-state index contributed by atoms with van der Waals surface area (Å²) in [7, 11) is 0. The topological polar surface area (TPSA) is 29.5 Å². The molecule has 1 aliphatic heterocycles. The summed E-state index contributed by atoms with van der Waals surface area (Å²) in [5.74, 6) is 0.625. The van der Waals surface area contributed by atoms with Crippen LogP contribution in [0.2, 0.25) is 0 Å². The van der Waals surface area contributed by atoms with Gasteiger partial charge in [-0.1, -0.05) is 0 Å². The Kier molecular flexibility index (Phi) is 1.52. The van der Waals surface area contributed by atoms with Crippen molar-refractivity contribution < 1.29 is 9.84 Å². The Morgan fingerprint density at radius 2 is 2.27 bits per heavy atom. The largest absolute Gasteiger partial charge is 0.387 e. The first-order valence-corrected chi connectivity index (χ1v) is 4.47. The second kappa shape index (κ2) is 2.20. The Bertz CT molecular complexity index is 165. The molecule has 1 saturated carbocycles. The van der Waals surface area contributed by atoms with E-state index in [0.717, 1.165) is 19.3 Å². The van der Waals surface area contributed by atoms with Crippen molar-refractivity contribution in [3.63, 3.8) is 0 Å². The summed E-state index contributed by atoms with van der Waals surface area (Å²) in [6, 6.07) is 0. The highest BCUT2D eigenvalue weighted by Crippen LogP contribution is 2.44. The fourth-order valence-corrected chi connectivity index (χ4v) is 2.51. The van der Waals surface area contributed by atoms with Gasteiger partial charge >= 0.3 is 0 Å². The molecule has 1 saturated heterocycles. The van der Waals surface area contributed by atoms with Crippen LogP contribution in [0.25, 0.3) is 0 Å². The molecule has 64 valence electrons. The molecule has 4 atom stereocenters. The number of hydrogen-bond donors (Lipinski definition) is 1. The van der Waals surface area contributed by atoms with Crippen molar-refractivity contribution in [3.8, 4) is 0 Å². The summed E-state index contributed by atoms with van der Waals surface area (Å²) in [6.07, 6.45) is 3.67. The highest BCUT2D eigenvalue weighted by Gasteiger charge is 2.49. The maximum absolute atomic E-state index is 9.86. The average Bonchev–Trinajstić information content (AvgIpc) is 2.35. The molecule has 0 aromatic carbocycles. The van der Waals surface area contributed by atoms with E-state index in [0.29, 0.717) is 12.0 Å². The van der Waals surface area contributed by atoms with Crippen LogP contribution >= 0.6 is 0 Å². The zero-order valence-electron chi connectivity index (χ0n) is 7.21. The molecule has 2 nitrogen and oxygen atoms in total. The quantitative estimate of drug-likeness (QED) is 0.573. The summed E-state index contributed by atoms with van der Waals surface area (Å²) >= 11 is 0. The molecular formula is C9H16O2. The highest BCUT2D eigenvalue weighted by molar-refractivity contribution is 4.99. The second-order valence-electron chi connectivity index (χ2n) is 4.26. The smallest absolute Gasteiger partial charge is 0.0891 e. The second-order valence-corrected chi connectivity index (χ2v) is 4.26. The Hall–Kier alpha value is -0.0800. The number of fused-ring (bicyclic) bond motifs is 1. The van der Waals surface area contributed by atoms with Gasteiger partial charge in [-0.2, -0.15) is 0 Å². The van der Waals surface area contributed by atoms with Crippen molar-refractivity contribution in [2.75, 3.05) is 0 Å². The van der Waals surface area contributed by atoms with Gasteiger partial charge in [-0.05, 0) is 39.0 Å². The monoisotopic (exact) mass is 156 g/mol. The van der Waals surface area contributed by atoms with E-state index >= 15 is 0 Å². The van der Waals surface area contributed by atoms with E-state index in [4.69, 9.17) is 4.74 Å². The summed E-state index contributed by atoms with van der Waals surface area (Å²) < 4.78 is 5.65. The Labute approximate surface area is 67.6 Å². The van der Waals surface area contributed by atoms with Crippen molar-refractivity contribution >= 4 is 0 Å². The van der Waals surface area contributed by atoms with Gasteiger partial charge in [-0.25, -0.2) is 0 Å². The van der Waals surface area contributed by atoms with Crippen LogP contribution in [0.5, 0.6) is 0 Å². The molecule has 2 heteroatoms. The van der Waals surface area contributed by atoms with Crippen LogP contribution in [0.1, 0.15) is 33.1 Å². The minimum Gasteiger partial charge on any atom is -0.387 e. The number of hydrogen-bond acceptors (Lipinski definition) is 2. The number of rotatable bonds is 0. The van der Waals surface area contributed by atoms with Crippen LogP contribution in [0.15, 0.2) is 0 Å². The van der Waals surface area contributed by atoms with E-state index in [2.05, 4.69) is 6.92 Å². The molecule has 0 aromatic heterocycles.